The third-order valence-corrected chi connectivity index (χ3v) is 4.30. The standard InChI is InChI=1S/C20H27N/c1-4-21-15-19(18-11-6-5-7-12-18)13-14-20-16(2)9-8-10-17(20)3/h5-12,19,21H,4,13-15H2,1-3H3. The zero-order valence-corrected chi connectivity index (χ0v) is 13.5. The summed E-state index contributed by atoms with van der Waals surface area (Å²) in [5.74, 6) is 0.588. The van der Waals surface area contributed by atoms with Crippen molar-refractivity contribution < 1.29 is 0 Å². The number of benzene rings is 2. The monoisotopic (exact) mass is 281 g/mol. The Labute approximate surface area is 129 Å². The minimum atomic E-state index is 0.588. The normalized spacial score (nSPS) is 12.3. The Morgan fingerprint density at radius 3 is 2.19 bits per heavy atom. The fourth-order valence-electron chi connectivity index (χ4n) is 2.99. The fourth-order valence-corrected chi connectivity index (χ4v) is 2.99. The van der Waals surface area contributed by atoms with E-state index in [2.05, 4.69) is 74.6 Å². The van der Waals surface area contributed by atoms with Gasteiger partial charge in [-0.3, -0.25) is 0 Å². The maximum Gasteiger partial charge on any atom is 0.00201 e. The molecule has 0 fully saturated rings. The van der Waals surface area contributed by atoms with Crippen molar-refractivity contribution in [3.05, 3.63) is 70.8 Å². The van der Waals surface area contributed by atoms with Crippen molar-refractivity contribution in [1.82, 2.24) is 5.32 Å². The molecule has 2 aromatic rings. The van der Waals surface area contributed by atoms with Crippen LogP contribution in [0.5, 0.6) is 0 Å². The molecule has 0 aliphatic rings. The molecule has 0 aliphatic carbocycles. The van der Waals surface area contributed by atoms with Crippen molar-refractivity contribution in [2.75, 3.05) is 13.1 Å². The highest BCUT2D eigenvalue weighted by Crippen LogP contribution is 2.23. The van der Waals surface area contributed by atoms with Gasteiger partial charge in [0.05, 0.1) is 0 Å². The summed E-state index contributed by atoms with van der Waals surface area (Å²) in [7, 11) is 0. The lowest BCUT2D eigenvalue weighted by molar-refractivity contribution is 0.560. The zero-order chi connectivity index (χ0) is 15.1. The van der Waals surface area contributed by atoms with E-state index in [-0.39, 0.29) is 0 Å². The SMILES string of the molecule is CCNCC(CCc1c(C)cccc1C)c1ccccc1. The Morgan fingerprint density at radius 1 is 0.905 bits per heavy atom. The second-order valence-electron chi connectivity index (χ2n) is 5.82. The van der Waals surface area contributed by atoms with Crippen LogP contribution in [0, 0.1) is 13.8 Å². The maximum absolute atomic E-state index is 3.51. The molecule has 112 valence electrons. The summed E-state index contributed by atoms with van der Waals surface area (Å²) in [4.78, 5) is 0. The van der Waals surface area contributed by atoms with Gasteiger partial charge in [-0.25, -0.2) is 0 Å². The molecular formula is C20H27N. The molecule has 0 bridgehead atoms. The van der Waals surface area contributed by atoms with Crippen LogP contribution in [0.2, 0.25) is 0 Å². The molecule has 0 heterocycles. The van der Waals surface area contributed by atoms with Crippen LogP contribution in [-0.4, -0.2) is 13.1 Å². The van der Waals surface area contributed by atoms with E-state index in [1.807, 2.05) is 0 Å². The average Bonchev–Trinajstić information content (AvgIpc) is 2.50. The Kier molecular flexibility index (Phi) is 6.01. The smallest absolute Gasteiger partial charge is 0.00201 e. The van der Waals surface area contributed by atoms with E-state index in [1.54, 1.807) is 0 Å². The summed E-state index contributed by atoms with van der Waals surface area (Å²) in [6, 6.07) is 17.5. The van der Waals surface area contributed by atoms with E-state index >= 15 is 0 Å². The van der Waals surface area contributed by atoms with E-state index in [1.165, 1.54) is 28.7 Å². The molecule has 2 rings (SSSR count). The molecule has 0 saturated carbocycles. The molecule has 0 amide bonds. The van der Waals surface area contributed by atoms with Crippen molar-refractivity contribution in [2.45, 2.75) is 39.5 Å². The topological polar surface area (TPSA) is 12.0 Å². The lowest BCUT2D eigenvalue weighted by Crippen LogP contribution is -2.21. The lowest BCUT2D eigenvalue weighted by atomic mass is 9.89. The maximum atomic E-state index is 3.51. The molecule has 21 heavy (non-hydrogen) atoms. The third-order valence-electron chi connectivity index (χ3n) is 4.30. The molecular weight excluding hydrogens is 254 g/mol. The molecule has 0 aromatic heterocycles. The van der Waals surface area contributed by atoms with E-state index < -0.39 is 0 Å². The summed E-state index contributed by atoms with van der Waals surface area (Å²) < 4.78 is 0. The van der Waals surface area contributed by atoms with Crippen LogP contribution in [0.25, 0.3) is 0 Å². The number of hydrogen-bond acceptors (Lipinski definition) is 1. The molecule has 1 N–H and O–H groups in total. The van der Waals surface area contributed by atoms with Gasteiger partial charge in [0.25, 0.3) is 0 Å². The second-order valence-corrected chi connectivity index (χ2v) is 5.82. The lowest BCUT2D eigenvalue weighted by Gasteiger charge is -2.19. The summed E-state index contributed by atoms with van der Waals surface area (Å²) in [6.07, 6.45) is 2.35. The van der Waals surface area contributed by atoms with E-state index in [9.17, 15) is 0 Å². The van der Waals surface area contributed by atoms with Crippen LogP contribution in [0.15, 0.2) is 48.5 Å². The molecule has 1 heteroatoms. The van der Waals surface area contributed by atoms with Gasteiger partial charge in [-0.1, -0.05) is 55.5 Å². The summed E-state index contributed by atoms with van der Waals surface area (Å²) in [6.45, 7) is 8.72. The van der Waals surface area contributed by atoms with Crippen molar-refractivity contribution in [3.8, 4) is 0 Å². The first kappa shape index (κ1) is 15.8. The Morgan fingerprint density at radius 2 is 1.57 bits per heavy atom. The summed E-state index contributed by atoms with van der Waals surface area (Å²) in [5.41, 5.74) is 5.81. The summed E-state index contributed by atoms with van der Waals surface area (Å²) in [5, 5.41) is 3.51. The fraction of sp³-hybridized carbons (Fsp3) is 0.400. The number of likely N-dealkylation sites (N-methyl/N-ethyl adjacent to an activating group) is 1. The van der Waals surface area contributed by atoms with Crippen molar-refractivity contribution in [3.63, 3.8) is 0 Å². The molecule has 0 radical (unpaired) electrons. The van der Waals surface area contributed by atoms with Crippen LogP contribution in [0.4, 0.5) is 0 Å². The van der Waals surface area contributed by atoms with Crippen LogP contribution in [0.3, 0.4) is 0 Å². The van der Waals surface area contributed by atoms with Crippen molar-refractivity contribution in [1.29, 1.82) is 0 Å². The van der Waals surface area contributed by atoms with Crippen LogP contribution in [0.1, 0.15) is 41.5 Å². The Balaban J connectivity index is 2.09. The highest BCUT2D eigenvalue weighted by molar-refractivity contribution is 5.34. The van der Waals surface area contributed by atoms with Crippen molar-refractivity contribution >= 4 is 0 Å². The average molecular weight is 281 g/mol. The van der Waals surface area contributed by atoms with Crippen LogP contribution < -0.4 is 5.32 Å². The summed E-state index contributed by atoms with van der Waals surface area (Å²) >= 11 is 0. The molecule has 0 aliphatic heterocycles. The molecule has 1 atom stereocenters. The molecule has 2 aromatic carbocycles. The van der Waals surface area contributed by atoms with Gasteiger partial charge in [0.15, 0.2) is 0 Å². The quantitative estimate of drug-likeness (QED) is 0.780. The third kappa shape index (κ3) is 4.44. The predicted molar refractivity (Wildman–Crippen MR) is 92.0 cm³/mol. The molecule has 1 unspecified atom stereocenters. The van der Waals surface area contributed by atoms with E-state index in [0.29, 0.717) is 5.92 Å². The van der Waals surface area contributed by atoms with E-state index in [4.69, 9.17) is 0 Å². The van der Waals surface area contributed by atoms with E-state index in [0.717, 1.165) is 19.5 Å². The van der Waals surface area contributed by atoms with Gasteiger partial charge in [-0.15, -0.1) is 0 Å². The first-order valence-corrected chi connectivity index (χ1v) is 8.03. The van der Waals surface area contributed by atoms with Gasteiger partial charge in [0.1, 0.15) is 0 Å². The zero-order valence-electron chi connectivity index (χ0n) is 13.5. The number of nitrogens with one attached hydrogen (secondary N) is 1. The Hall–Kier alpha value is -1.60. The van der Waals surface area contributed by atoms with Gasteiger partial charge in [-0.05, 0) is 61.4 Å². The van der Waals surface area contributed by atoms with Gasteiger partial charge in [-0.2, -0.15) is 0 Å². The number of aryl methyl sites for hydroxylation is 2. The van der Waals surface area contributed by atoms with Gasteiger partial charge in [0.2, 0.25) is 0 Å². The minimum absolute atomic E-state index is 0.588. The molecule has 1 nitrogen and oxygen atoms in total. The van der Waals surface area contributed by atoms with Crippen LogP contribution in [-0.2, 0) is 6.42 Å². The Bertz CT molecular complexity index is 525. The molecule has 0 spiro atoms. The predicted octanol–water partition coefficient (Wildman–Crippen LogP) is 4.63. The highest BCUT2D eigenvalue weighted by atomic mass is 14.8. The number of hydrogen-bond donors (Lipinski definition) is 1. The van der Waals surface area contributed by atoms with Crippen LogP contribution >= 0.6 is 0 Å². The minimum Gasteiger partial charge on any atom is -0.316 e. The highest BCUT2D eigenvalue weighted by Gasteiger charge is 2.12. The van der Waals surface area contributed by atoms with Crippen molar-refractivity contribution in [2.24, 2.45) is 0 Å². The number of rotatable bonds is 7. The largest absolute Gasteiger partial charge is 0.316 e. The van der Waals surface area contributed by atoms with Gasteiger partial charge in [0, 0.05) is 6.54 Å². The molecule has 0 saturated heterocycles. The van der Waals surface area contributed by atoms with Gasteiger partial charge >= 0.3 is 0 Å². The van der Waals surface area contributed by atoms with Gasteiger partial charge < -0.3 is 5.32 Å². The first-order valence-electron chi connectivity index (χ1n) is 8.03. The first-order chi connectivity index (χ1) is 10.2. The second kappa shape index (κ2) is 7.99.